The maximum atomic E-state index is 11.9. The molecular weight excluding hydrogens is 256 g/mol. The van der Waals surface area contributed by atoms with Gasteiger partial charge in [0.05, 0.1) is 5.69 Å². The lowest BCUT2D eigenvalue weighted by Gasteiger charge is -2.26. The molecule has 1 amide bonds. The fraction of sp³-hybridized carbons (Fsp3) is 0.643. The average molecular weight is 280 g/mol. The molecule has 1 aromatic heterocycles. The van der Waals surface area contributed by atoms with Gasteiger partial charge in [-0.25, -0.2) is 14.8 Å². The van der Waals surface area contributed by atoms with E-state index in [2.05, 4.69) is 15.3 Å². The van der Waals surface area contributed by atoms with Crippen LogP contribution in [0.5, 0.6) is 0 Å². The Hall–Kier alpha value is -1.69. The Morgan fingerprint density at radius 2 is 2.20 bits per heavy atom. The highest BCUT2D eigenvalue weighted by molar-refractivity contribution is 5.68. The van der Waals surface area contributed by atoms with Crippen molar-refractivity contribution in [3.63, 3.8) is 0 Å². The summed E-state index contributed by atoms with van der Waals surface area (Å²) in [5, 5.41) is 3.24. The van der Waals surface area contributed by atoms with Gasteiger partial charge in [-0.15, -0.1) is 0 Å². The van der Waals surface area contributed by atoms with Gasteiger partial charge in [-0.05, 0) is 33.8 Å². The molecule has 6 heteroatoms. The standard InChI is InChI=1S/C14H24N4O2/c1-5-18(13(19)20-14(2,3)4)9-8-15-10-12-6-7-16-11-17-12/h6-7,11,15H,5,8-10H2,1-4H3. The number of carbonyl (C=O) groups excluding carboxylic acids is 1. The summed E-state index contributed by atoms with van der Waals surface area (Å²) < 4.78 is 5.34. The first-order chi connectivity index (χ1) is 9.42. The molecule has 112 valence electrons. The largest absolute Gasteiger partial charge is 0.444 e. The minimum absolute atomic E-state index is 0.274. The number of rotatable bonds is 6. The van der Waals surface area contributed by atoms with E-state index in [4.69, 9.17) is 4.74 Å². The van der Waals surface area contributed by atoms with Crippen molar-refractivity contribution in [1.29, 1.82) is 0 Å². The lowest BCUT2D eigenvalue weighted by atomic mass is 10.2. The summed E-state index contributed by atoms with van der Waals surface area (Å²) >= 11 is 0. The molecule has 0 aliphatic carbocycles. The zero-order chi connectivity index (χ0) is 15.0. The van der Waals surface area contributed by atoms with Crippen LogP contribution in [0.4, 0.5) is 4.79 Å². The Kier molecular flexibility index (Phi) is 6.38. The van der Waals surface area contributed by atoms with Crippen LogP contribution < -0.4 is 5.32 Å². The van der Waals surface area contributed by atoms with E-state index in [-0.39, 0.29) is 6.09 Å². The number of ether oxygens (including phenoxy) is 1. The SMILES string of the molecule is CCN(CCNCc1ccncn1)C(=O)OC(C)(C)C. The minimum atomic E-state index is -0.459. The molecule has 0 aliphatic heterocycles. The van der Waals surface area contributed by atoms with E-state index in [0.717, 1.165) is 5.69 Å². The molecule has 6 nitrogen and oxygen atoms in total. The minimum Gasteiger partial charge on any atom is -0.444 e. The van der Waals surface area contributed by atoms with Crippen LogP contribution in [-0.2, 0) is 11.3 Å². The van der Waals surface area contributed by atoms with Gasteiger partial charge in [0.1, 0.15) is 11.9 Å². The molecule has 0 saturated heterocycles. The molecular formula is C14H24N4O2. The number of hydrogen-bond donors (Lipinski definition) is 1. The van der Waals surface area contributed by atoms with E-state index in [9.17, 15) is 4.79 Å². The molecule has 1 aromatic rings. The van der Waals surface area contributed by atoms with Gasteiger partial charge in [-0.2, -0.15) is 0 Å². The molecule has 0 bridgehead atoms. The van der Waals surface area contributed by atoms with Crippen molar-refractivity contribution < 1.29 is 9.53 Å². The zero-order valence-corrected chi connectivity index (χ0v) is 12.7. The van der Waals surface area contributed by atoms with Crippen molar-refractivity contribution in [3.8, 4) is 0 Å². The first kappa shape index (κ1) is 16.4. The van der Waals surface area contributed by atoms with Gasteiger partial charge < -0.3 is 15.0 Å². The molecule has 0 aliphatic rings. The summed E-state index contributed by atoms with van der Waals surface area (Å²) in [6.45, 7) is 10.1. The highest BCUT2D eigenvalue weighted by Crippen LogP contribution is 2.09. The fourth-order valence-electron chi connectivity index (χ4n) is 1.56. The predicted molar refractivity (Wildman–Crippen MR) is 77.2 cm³/mol. The summed E-state index contributed by atoms with van der Waals surface area (Å²) in [6, 6.07) is 1.86. The molecule has 0 saturated carbocycles. The van der Waals surface area contributed by atoms with Crippen molar-refractivity contribution in [2.24, 2.45) is 0 Å². The zero-order valence-electron chi connectivity index (χ0n) is 12.7. The highest BCUT2D eigenvalue weighted by Gasteiger charge is 2.20. The number of carbonyl (C=O) groups is 1. The van der Waals surface area contributed by atoms with Crippen molar-refractivity contribution in [3.05, 3.63) is 24.3 Å². The second-order valence-corrected chi connectivity index (χ2v) is 5.44. The number of hydrogen-bond acceptors (Lipinski definition) is 5. The summed E-state index contributed by atoms with van der Waals surface area (Å²) in [7, 11) is 0. The Labute approximate surface area is 120 Å². The third kappa shape index (κ3) is 6.47. The number of amides is 1. The summed E-state index contributed by atoms with van der Waals surface area (Å²) in [4.78, 5) is 21.6. The third-order valence-electron chi connectivity index (χ3n) is 2.54. The normalized spacial score (nSPS) is 11.2. The molecule has 0 atom stereocenters. The van der Waals surface area contributed by atoms with Gasteiger partial charge in [0.15, 0.2) is 0 Å². The molecule has 20 heavy (non-hydrogen) atoms. The lowest BCUT2D eigenvalue weighted by Crippen LogP contribution is -2.40. The van der Waals surface area contributed by atoms with Crippen LogP contribution in [0, 0.1) is 0 Å². The fourth-order valence-corrected chi connectivity index (χ4v) is 1.56. The van der Waals surface area contributed by atoms with Crippen LogP contribution in [0.2, 0.25) is 0 Å². The molecule has 0 aromatic carbocycles. The Balaban J connectivity index is 2.29. The van der Waals surface area contributed by atoms with Crippen LogP contribution in [0.15, 0.2) is 18.6 Å². The van der Waals surface area contributed by atoms with Gasteiger partial charge in [0, 0.05) is 32.4 Å². The average Bonchev–Trinajstić information content (AvgIpc) is 2.38. The van der Waals surface area contributed by atoms with Crippen molar-refractivity contribution in [2.75, 3.05) is 19.6 Å². The van der Waals surface area contributed by atoms with Crippen LogP contribution in [0.1, 0.15) is 33.4 Å². The molecule has 0 radical (unpaired) electrons. The Morgan fingerprint density at radius 3 is 2.75 bits per heavy atom. The molecule has 0 spiro atoms. The van der Waals surface area contributed by atoms with Crippen LogP contribution >= 0.6 is 0 Å². The van der Waals surface area contributed by atoms with Crippen LogP contribution in [-0.4, -0.2) is 46.2 Å². The maximum Gasteiger partial charge on any atom is 0.410 e. The van der Waals surface area contributed by atoms with Gasteiger partial charge in [-0.3, -0.25) is 0 Å². The van der Waals surface area contributed by atoms with E-state index < -0.39 is 5.60 Å². The number of nitrogens with one attached hydrogen (secondary N) is 1. The first-order valence-electron chi connectivity index (χ1n) is 6.86. The van der Waals surface area contributed by atoms with Crippen LogP contribution in [0.25, 0.3) is 0 Å². The molecule has 1 N–H and O–H groups in total. The Bertz CT molecular complexity index is 403. The van der Waals surface area contributed by atoms with E-state index in [0.29, 0.717) is 26.2 Å². The second kappa shape index (κ2) is 7.79. The summed E-state index contributed by atoms with van der Waals surface area (Å²) in [5.74, 6) is 0. The van der Waals surface area contributed by atoms with Gasteiger partial charge >= 0.3 is 6.09 Å². The summed E-state index contributed by atoms with van der Waals surface area (Å²) in [5.41, 5.74) is 0.471. The topological polar surface area (TPSA) is 67.3 Å². The summed E-state index contributed by atoms with van der Waals surface area (Å²) in [6.07, 6.45) is 2.96. The van der Waals surface area contributed by atoms with Crippen molar-refractivity contribution >= 4 is 6.09 Å². The Morgan fingerprint density at radius 1 is 1.45 bits per heavy atom. The molecule has 0 unspecified atom stereocenters. The van der Waals surface area contributed by atoms with Crippen LogP contribution in [0.3, 0.4) is 0 Å². The number of aromatic nitrogens is 2. The molecule has 0 fully saturated rings. The third-order valence-corrected chi connectivity index (χ3v) is 2.54. The lowest BCUT2D eigenvalue weighted by molar-refractivity contribution is 0.0262. The van der Waals surface area contributed by atoms with Gasteiger partial charge in [0.25, 0.3) is 0 Å². The van der Waals surface area contributed by atoms with E-state index in [1.54, 1.807) is 11.1 Å². The van der Waals surface area contributed by atoms with E-state index in [1.165, 1.54) is 6.33 Å². The monoisotopic (exact) mass is 280 g/mol. The highest BCUT2D eigenvalue weighted by atomic mass is 16.6. The number of nitrogens with zero attached hydrogens (tertiary/aromatic N) is 3. The second-order valence-electron chi connectivity index (χ2n) is 5.44. The molecule has 1 rings (SSSR count). The van der Waals surface area contributed by atoms with E-state index in [1.807, 2.05) is 33.8 Å². The number of likely N-dealkylation sites (N-methyl/N-ethyl adjacent to an activating group) is 1. The first-order valence-corrected chi connectivity index (χ1v) is 6.86. The van der Waals surface area contributed by atoms with E-state index >= 15 is 0 Å². The predicted octanol–water partition coefficient (Wildman–Crippen LogP) is 1.82. The smallest absolute Gasteiger partial charge is 0.410 e. The van der Waals surface area contributed by atoms with Crippen molar-refractivity contribution in [1.82, 2.24) is 20.2 Å². The molecule has 1 heterocycles. The quantitative estimate of drug-likeness (QED) is 0.805. The maximum absolute atomic E-state index is 11.9. The van der Waals surface area contributed by atoms with Gasteiger partial charge in [0.2, 0.25) is 0 Å². The van der Waals surface area contributed by atoms with Gasteiger partial charge in [-0.1, -0.05) is 0 Å². The van der Waals surface area contributed by atoms with Crippen molar-refractivity contribution in [2.45, 2.75) is 39.8 Å².